The van der Waals surface area contributed by atoms with Crippen molar-refractivity contribution in [3.8, 4) is 11.5 Å². The molecule has 2 fully saturated rings. The van der Waals surface area contributed by atoms with Crippen LogP contribution >= 0.6 is 11.6 Å². The van der Waals surface area contributed by atoms with Crippen LogP contribution in [0.5, 0.6) is 11.5 Å². The molecule has 42 heavy (non-hydrogen) atoms. The van der Waals surface area contributed by atoms with E-state index < -0.39 is 5.79 Å². The standard InChI is InChI=1S/C30H32ClN7O4/c1-30(26-6-5-19(31)14-34-26)41-25-4-2-3-21(28(25)42-30)18-7-10-37(11-8-18)17-27-35-22-13-23(29(32)36-39)33-15-24(22)38(27)16-20-9-12-40-20/h2-6,13-15,18,20,39H,7-12,16-17H2,1H3,(H2,32,36)/t20-,30?/m0/s1. The van der Waals surface area contributed by atoms with E-state index in [1.807, 2.05) is 30.6 Å². The number of hydroxylamine groups is 1. The molecule has 6 heterocycles. The first-order chi connectivity index (χ1) is 20.4. The molecule has 0 radical (unpaired) electrons. The smallest absolute Gasteiger partial charge is 0.292 e. The average Bonchev–Trinajstić information content (AvgIpc) is 3.51. The number of ether oxygens (including phenoxy) is 3. The molecule has 12 heteroatoms. The third-order valence-corrected chi connectivity index (χ3v) is 8.68. The van der Waals surface area contributed by atoms with Crippen LogP contribution in [0.3, 0.4) is 0 Å². The molecule has 0 bridgehead atoms. The molecule has 2 saturated heterocycles. The van der Waals surface area contributed by atoms with Crippen LogP contribution in [0.4, 0.5) is 0 Å². The Hall–Kier alpha value is -3.77. The molecule has 1 aromatic carbocycles. The van der Waals surface area contributed by atoms with Gasteiger partial charge in [-0.2, -0.15) is 0 Å². The quantitative estimate of drug-likeness (QED) is 0.161. The Morgan fingerprint density at radius 3 is 2.69 bits per heavy atom. The summed E-state index contributed by atoms with van der Waals surface area (Å²) in [6.07, 6.45) is 6.48. The van der Waals surface area contributed by atoms with Crippen LogP contribution in [0.25, 0.3) is 11.0 Å². The second-order valence-corrected chi connectivity index (χ2v) is 11.6. The molecule has 0 spiro atoms. The van der Waals surface area contributed by atoms with Crippen molar-refractivity contribution in [1.29, 1.82) is 5.41 Å². The number of pyridine rings is 2. The zero-order valence-electron chi connectivity index (χ0n) is 23.2. The van der Waals surface area contributed by atoms with Crippen molar-refractivity contribution in [2.24, 2.45) is 0 Å². The molecule has 3 aromatic heterocycles. The molecule has 218 valence electrons. The van der Waals surface area contributed by atoms with Gasteiger partial charge < -0.3 is 18.8 Å². The minimum atomic E-state index is -1.01. The highest BCUT2D eigenvalue weighted by Crippen LogP contribution is 2.49. The zero-order chi connectivity index (χ0) is 28.8. The molecule has 0 aliphatic carbocycles. The van der Waals surface area contributed by atoms with E-state index in [-0.39, 0.29) is 11.9 Å². The topological polar surface area (TPSA) is 131 Å². The maximum atomic E-state index is 9.15. The Morgan fingerprint density at radius 2 is 1.98 bits per heavy atom. The van der Waals surface area contributed by atoms with Crippen molar-refractivity contribution in [3.05, 3.63) is 76.6 Å². The van der Waals surface area contributed by atoms with Crippen LogP contribution in [0.15, 0.2) is 48.8 Å². The minimum absolute atomic E-state index is 0.163. The second-order valence-electron chi connectivity index (χ2n) is 11.2. The van der Waals surface area contributed by atoms with Gasteiger partial charge in [0.1, 0.15) is 17.2 Å². The van der Waals surface area contributed by atoms with E-state index in [2.05, 4.69) is 25.5 Å². The Labute approximate surface area is 247 Å². The second kappa shape index (κ2) is 10.8. The van der Waals surface area contributed by atoms with Gasteiger partial charge in [0, 0.05) is 25.3 Å². The van der Waals surface area contributed by atoms with Gasteiger partial charge in [0.2, 0.25) is 0 Å². The van der Waals surface area contributed by atoms with E-state index >= 15 is 0 Å². The zero-order valence-corrected chi connectivity index (χ0v) is 24.0. The van der Waals surface area contributed by atoms with Crippen LogP contribution < -0.4 is 15.0 Å². The fourth-order valence-electron chi connectivity index (χ4n) is 6.04. The number of imidazole rings is 1. The van der Waals surface area contributed by atoms with Crippen molar-refractivity contribution in [2.45, 2.75) is 57.1 Å². The summed E-state index contributed by atoms with van der Waals surface area (Å²) in [7, 11) is 0. The lowest BCUT2D eigenvalue weighted by molar-refractivity contribution is -0.0722. The predicted octanol–water partition coefficient (Wildman–Crippen LogP) is 4.60. The van der Waals surface area contributed by atoms with Crippen molar-refractivity contribution in [3.63, 3.8) is 0 Å². The number of rotatable bonds is 7. The first kappa shape index (κ1) is 27.1. The molecule has 3 aliphatic rings. The van der Waals surface area contributed by atoms with Crippen molar-refractivity contribution < 1.29 is 19.4 Å². The van der Waals surface area contributed by atoms with Crippen LogP contribution in [-0.2, 0) is 23.6 Å². The van der Waals surface area contributed by atoms with Gasteiger partial charge >= 0.3 is 0 Å². The Balaban J connectivity index is 1.07. The van der Waals surface area contributed by atoms with Crippen LogP contribution in [0.1, 0.15) is 54.9 Å². The summed E-state index contributed by atoms with van der Waals surface area (Å²) in [5.41, 5.74) is 5.69. The van der Waals surface area contributed by atoms with Crippen LogP contribution in [0.2, 0.25) is 5.02 Å². The normalized spacial score (nSPS) is 22.3. The summed E-state index contributed by atoms with van der Waals surface area (Å²) in [5.74, 6) is 1.65. The van der Waals surface area contributed by atoms with Gasteiger partial charge in [-0.3, -0.25) is 31.0 Å². The van der Waals surface area contributed by atoms with E-state index in [0.29, 0.717) is 35.4 Å². The predicted molar refractivity (Wildman–Crippen MR) is 155 cm³/mol. The van der Waals surface area contributed by atoms with E-state index in [4.69, 9.17) is 41.4 Å². The summed E-state index contributed by atoms with van der Waals surface area (Å²) in [5, 5.41) is 17.6. The number of para-hydroxylation sites is 1. The van der Waals surface area contributed by atoms with Gasteiger partial charge in [-0.05, 0) is 62.5 Å². The van der Waals surface area contributed by atoms with Crippen LogP contribution in [-0.4, -0.2) is 61.3 Å². The number of amidine groups is 1. The van der Waals surface area contributed by atoms with Crippen LogP contribution in [0, 0.1) is 5.41 Å². The highest BCUT2D eigenvalue weighted by Gasteiger charge is 2.42. The highest BCUT2D eigenvalue weighted by atomic mass is 35.5. The number of nitrogens with one attached hydrogen (secondary N) is 2. The molecular weight excluding hydrogens is 558 g/mol. The van der Waals surface area contributed by atoms with Gasteiger partial charge in [0.25, 0.3) is 5.79 Å². The van der Waals surface area contributed by atoms with Crippen molar-refractivity contribution in [2.75, 3.05) is 19.7 Å². The average molecular weight is 590 g/mol. The summed E-state index contributed by atoms with van der Waals surface area (Å²) in [6, 6.07) is 11.5. The first-order valence-electron chi connectivity index (χ1n) is 14.2. The van der Waals surface area contributed by atoms with Gasteiger partial charge in [-0.15, -0.1) is 0 Å². The molecule has 4 aromatic rings. The largest absolute Gasteiger partial charge is 0.443 e. The number of nitrogens with zero attached hydrogens (tertiary/aromatic N) is 5. The Kier molecular flexibility index (Phi) is 6.97. The number of aromatic nitrogens is 4. The summed E-state index contributed by atoms with van der Waals surface area (Å²) >= 11 is 6.05. The molecule has 0 saturated carbocycles. The monoisotopic (exact) mass is 589 g/mol. The molecular formula is C30H32ClN7O4. The molecule has 3 aliphatic heterocycles. The number of likely N-dealkylation sites (tertiary alicyclic amines) is 1. The highest BCUT2D eigenvalue weighted by molar-refractivity contribution is 6.30. The fraction of sp³-hybridized carbons (Fsp3) is 0.400. The minimum Gasteiger partial charge on any atom is -0.443 e. The Morgan fingerprint density at radius 1 is 1.14 bits per heavy atom. The third-order valence-electron chi connectivity index (χ3n) is 8.46. The number of hydrogen-bond acceptors (Lipinski definition) is 9. The lowest BCUT2D eigenvalue weighted by Crippen LogP contribution is -2.35. The number of hydrogen-bond donors (Lipinski definition) is 3. The number of piperidine rings is 1. The van der Waals surface area contributed by atoms with E-state index in [9.17, 15) is 0 Å². The fourth-order valence-corrected chi connectivity index (χ4v) is 6.16. The molecule has 7 rings (SSSR count). The summed E-state index contributed by atoms with van der Waals surface area (Å²) < 4.78 is 20.7. The van der Waals surface area contributed by atoms with Crippen molar-refractivity contribution >= 4 is 28.5 Å². The summed E-state index contributed by atoms with van der Waals surface area (Å²) in [4.78, 5) is 16.2. The Bertz CT molecular complexity index is 1630. The van der Waals surface area contributed by atoms with Gasteiger partial charge in [-0.1, -0.05) is 23.7 Å². The number of benzene rings is 1. The lowest BCUT2D eigenvalue weighted by Gasteiger charge is -2.33. The van der Waals surface area contributed by atoms with E-state index in [1.165, 1.54) is 0 Å². The maximum Gasteiger partial charge on any atom is 0.292 e. The molecule has 1 unspecified atom stereocenters. The van der Waals surface area contributed by atoms with Gasteiger partial charge in [-0.25, -0.2) is 4.98 Å². The van der Waals surface area contributed by atoms with E-state index in [1.54, 1.807) is 24.5 Å². The molecule has 2 atom stereocenters. The summed E-state index contributed by atoms with van der Waals surface area (Å²) in [6.45, 7) is 5.92. The van der Waals surface area contributed by atoms with Gasteiger partial charge in [0.05, 0.1) is 41.4 Å². The maximum absolute atomic E-state index is 9.15. The van der Waals surface area contributed by atoms with E-state index in [0.717, 1.165) is 72.9 Å². The van der Waals surface area contributed by atoms with Crippen molar-refractivity contribution in [1.82, 2.24) is 29.9 Å². The molecule has 11 nitrogen and oxygen atoms in total. The third kappa shape index (κ3) is 4.96. The van der Waals surface area contributed by atoms with Gasteiger partial charge in [0.15, 0.2) is 17.3 Å². The number of fused-ring (bicyclic) bond motifs is 2. The molecule has 0 amide bonds. The lowest BCUT2D eigenvalue weighted by atomic mass is 9.88. The first-order valence-corrected chi connectivity index (χ1v) is 14.6. The SMILES string of the molecule is CC1(c2ccc(Cl)cn2)Oc2cccc(C3CCN(Cc4nc5cc(C(=N)NO)ncc5n4C[C@@H]4CCO4)CC3)c2O1. The number of halogens is 1. The molecule has 3 N–H and O–H groups in total.